The lowest BCUT2D eigenvalue weighted by molar-refractivity contribution is 0.121. The highest BCUT2D eigenvalue weighted by Crippen LogP contribution is 2.39. The summed E-state index contributed by atoms with van der Waals surface area (Å²) < 4.78 is 13.7. The number of hydrogen-bond acceptors (Lipinski definition) is 9. The molecule has 3 aromatic heterocycles. The summed E-state index contributed by atoms with van der Waals surface area (Å²) in [5.41, 5.74) is 6.52. The highest BCUT2D eigenvalue weighted by atomic mass is 35.5. The zero-order chi connectivity index (χ0) is 28.5. The first-order valence-corrected chi connectivity index (χ1v) is 14.8. The van der Waals surface area contributed by atoms with Crippen LogP contribution in [-0.2, 0) is 20.9 Å². The molecule has 1 amide bonds. The summed E-state index contributed by atoms with van der Waals surface area (Å²) in [5.74, 6) is 2.19. The van der Waals surface area contributed by atoms with Crippen LogP contribution in [0.15, 0.2) is 24.5 Å². The highest BCUT2D eigenvalue weighted by Gasteiger charge is 2.38. The Morgan fingerprint density at radius 3 is 2.39 bits per heavy atom. The molecule has 41 heavy (non-hydrogen) atoms. The normalized spacial score (nSPS) is 26.5. The molecule has 1 unspecified atom stereocenters. The molecule has 1 aliphatic carbocycles. The van der Waals surface area contributed by atoms with Gasteiger partial charge in [-0.15, -0.1) is 5.48 Å². The predicted molar refractivity (Wildman–Crippen MR) is 155 cm³/mol. The maximum Gasteiger partial charge on any atom is 0.427 e. The largest absolute Gasteiger partial charge is 0.427 e. The fraction of sp³-hybridized carbons (Fsp3) is 0.586. The molecule has 0 radical (unpaired) electrons. The molecule has 3 aliphatic rings. The lowest BCUT2D eigenvalue weighted by Crippen LogP contribution is -2.42. The lowest BCUT2D eigenvalue weighted by Gasteiger charge is -2.33. The maximum atomic E-state index is 11.9. The number of fused-ring (bicyclic) bond motifs is 1. The zero-order valence-electron chi connectivity index (χ0n) is 23.8. The number of nitrogens with zero attached hydrogens (tertiary/aromatic N) is 5. The molecule has 5 heterocycles. The van der Waals surface area contributed by atoms with Crippen LogP contribution < -0.4 is 15.7 Å². The zero-order valence-corrected chi connectivity index (χ0v) is 24.6. The molecule has 220 valence electrons. The van der Waals surface area contributed by atoms with Gasteiger partial charge in [0.05, 0.1) is 52.7 Å². The van der Waals surface area contributed by atoms with Crippen molar-refractivity contribution in [3.63, 3.8) is 0 Å². The fourth-order valence-electron chi connectivity index (χ4n) is 6.62. The Bertz CT molecular complexity index is 1380. The minimum Gasteiger partial charge on any atom is -0.383 e. The lowest BCUT2D eigenvalue weighted by atomic mass is 9.83. The monoisotopic (exact) mass is 583 g/mol. The molecular formula is C29H38ClN7O4. The minimum atomic E-state index is -0.611. The molecule has 12 heteroatoms. The second-order valence-electron chi connectivity index (χ2n) is 11.6. The van der Waals surface area contributed by atoms with Gasteiger partial charge in [-0.05, 0) is 49.7 Å². The topological polar surface area (TPSA) is 116 Å². The number of carbonyl (C=O) groups is 1. The maximum absolute atomic E-state index is 11.9. The van der Waals surface area contributed by atoms with Crippen molar-refractivity contribution in [3.8, 4) is 11.3 Å². The molecule has 3 fully saturated rings. The van der Waals surface area contributed by atoms with Crippen molar-refractivity contribution in [2.24, 2.45) is 11.8 Å². The SMILES string of the molecule is COC[C@@H]1CC[C@@H](COC)N1c1nc2cc(C3NOC(=O)N3)nc(-c3cncc(Cl)c3)c2n1CC1CCC(C)CC1. The third kappa shape index (κ3) is 5.73. The van der Waals surface area contributed by atoms with Crippen molar-refractivity contribution in [3.05, 3.63) is 35.2 Å². The average Bonchev–Trinajstić information content (AvgIpc) is 3.67. The Morgan fingerprint density at radius 2 is 1.76 bits per heavy atom. The Balaban J connectivity index is 1.55. The van der Waals surface area contributed by atoms with Gasteiger partial charge in [0.25, 0.3) is 0 Å². The quantitative estimate of drug-likeness (QED) is 0.365. The van der Waals surface area contributed by atoms with Crippen molar-refractivity contribution >= 4 is 34.7 Å². The molecule has 2 N–H and O–H groups in total. The van der Waals surface area contributed by atoms with Gasteiger partial charge in [0.2, 0.25) is 5.95 Å². The van der Waals surface area contributed by atoms with Crippen LogP contribution in [0.3, 0.4) is 0 Å². The number of anilines is 1. The van der Waals surface area contributed by atoms with Crippen LogP contribution in [0.4, 0.5) is 10.7 Å². The number of hydroxylamine groups is 1. The molecule has 3 aromatic rings. The number of ether oxygens (including phenoxy) is 2. The van der Waals surface area contributed by atoms with Crippen molar-refractivity contribution in [1.82, 2.24) is 30.3 Å². The van der Waals surface area contributed by atoms with Crippen LogP contribution in [0.5, 0.6) is 0 Å². The first kappa shape index (κ1) is 28.1. The number of nitrogens with one attached hydrogen (secondary N) is 2. The third-order valence-corrected chi connectivity index (χ3v) is 8.88. The van der Waals surface area contributed by atoms with E-state index in [1.807, 2.05) is 12.1 Å². The molecule has 11 nitrogen and oxygen atoms in total. The van der Waals surface area contributed by atoms with Gasteiger partial charge < -0.3 is 23.8 Å². The number of methoxy groups -OCH3 is 2. The summed E-state index contributed by atoms with van der Waals surface area (Å²) >= 11 is 6.42. The van der Waals surface area contributed by atoms with Crippen LogP contribution in [0.1, 0.15) is 57.3 Å². The van der Waals surface area contributed by atoms with Gasteiger partial charge in [-0.1, -0.05) is 31.4 Å². The second kappa shape index (κ2) is 12.1. The number of rotatable bonds is 9. The predicted octanol–water partition coefficient (Wildman–Crippen LogP) is 4.85. The van der Waals surface area contributed by atoms with E-state index >= 15 is 0 Å². The smallest absolute Gasteiger partial charge is 0.383 e. The number of aromatic nitrogens is 4. The van der Waals surface area contributed by atoms with Crippen LogP contribution in [-0.4, -0.2) is 65.1 Å². The molecule has 6 rings (SSSR count). The summed E-state index contributed by atoms with van der Waals surface area (Å²) in [6.45, 7) is 4.39. The Morgan fingerprint density at radius 1 is 1.02 bits per heavy atom. The Labute approximate surface area is 244 Å². The van der Waals surface area contributed by atoms with Crippen LogP contribution in [0.2, 0.25) is 5.02 Å². The molecule has 0 spiro atoms. The molecule has 0 bridgehead atoms. The summed E-state index contributed by atoms with van der Waals surface area (Å²) in [6, 6.07) is 4.15. The number of amides is 1. The Kier molecular flexibility index (Phi) is 8.30. The van der Waals surface area contributed by atoms with Gasteiger partial charge in [0, 0.05) is 38.7 Å². The van der Waals surface area contributed by atoms with E-state index in [1.165, 1.54) is 25.7 Å². The van der Waals surface area contributed by atoms with Gasteiger partial charge >= 0.3 is 6.09 Å². The van der Waals surface area contributed by atoms with Crippen LogP contribution in [0.25, 0.3) is 22.3 Å². The second-order valence-corrected chi connectivity index (χ2v) is 12.0. The summed E-state index contributed by atoms with van der Waals surface area (Å²) in [7, 11) is 3.50. The van der Waals surface area contributed by atoms with E-state index in [0.29, 0.717) is 35.5 Å². The standard InChI is InChI=1S/C29H38ClN7O4/c1-17-4-6-18(7-5-17)14-36-26-23(33-28(36)37-21(15-39-2)8-9-22(37)16-40-3)11-24(27-34-29(38)41-35-27)32-25(26)19-10-20(30)13-31-12-19/h10-13,17-18,21-22,27,35H,4-9,14-16H2,1-3H3,(H,34,38)/t17?,18?,21-,22-,27?/m0/s1. The number of hydrogen-bond donors (Lipinski definition) is 2. The van der Waals surface area contributed by atoms with Gasteiger partial charge in [-0.2, -0.15) is 0 Å². The molecule has 2 aliphatic heterocycles. The van der Waals surface area contributed by atoms with Crippen molar-refractivity contribution in [2.45, 2.75) is 70.2 Å². The van der Waals surface area contributed by atoms with Crippen LogP contribution in [0, 0.1) is 11.8 Å². The molecule has 0 aromatic carbocycles. The highest BCUT2D eigenvalue weighted by molar-refractivity contribution is 6.30. The van der Waals surface area contributed by atoms with E-state index < -0.39 is 12.3 Å². The number of imidazole rings is 1. The van der Waals surface area contributed by atoms with Crippen molar-refractivity contribution < 1.29 is 19.1 Å². The van der Waals surface area contributed by atoms with E-state index in [9.17, 15) is 4.79 Å². The summed E-state index contributed by atoms with van der Waals surface area (Å²) in [6.07, 6.45) is 9.03. The van der Waals surface area contributed by atoms with E-state index in [4.69, 9.17) is 35.9 Å². The fourth-order valence-corrected chi connectivity index (χ4v) is 6.79. The van der Waals surface area contributed by atoms with E-state index in [2.05, 4.69) is 32.2 Å². The van der Waals surface area contributed by atoms with E-state index in [-0.39, 0.29) is 12.1 Å². The van der Waals surface area contributed by atoms with Crippen LogP contribution >= 0.6 is 11.6 Å². The summed E-state index contributed by atoms with van der Waals surface area (Å²) in [5, 5.41) is 3.28. The van der Waals surface area contributed by atoms with Gasteiger partial charge in [0.1, 0.15) is 0 Å². The van der Waals surface area contributed by atoms with Crippen molar-refractivity contribution in [2.75, 3.05) is 32.3 Å². The molecule has 1 saturated carbocycles. The van der Waals surface area contributed by atoms with E-state index in [0.717, 1.165) is 47.8 Å². The first-order chi connectivity index (χ1) is 19.9. The Hall–Kier alpha value is -2.99. The molecular weight excluding hydrogens is 546 g/mol. The third-order valence-electron chi connectivity index (χ3n) is 8.68. The minimum absolute atomic E-state index is 0.176. The summed E-state index contributed by atoms with van der Waals surface area (Å²) in [4.78, 5) is 33.9. The average molecular weight is 584 g/mol. The first-order valence-electron chi connectivity index (χ1n) is 14.5. The van der Waals surface area contributed by atoms with Gasteiger partial charge in [0.15, 0.2) is 6.17 Å². The number of pyridine rings is 2. The van der Waals surface area contributed by atoms with E-state index in [1.54, 1.807) is 26.6 Å². The molecule has 2 saturated heterocycles. The number of carbonyl (C=O) groups excluding carboxylic acids is 1. The van der Waals surface area contributed by atoms with Crippen molar-refractivity contribution in [1.29, 1.82) is 0 Å². The number of halogens is 1. The van der Waals surface area contributed by atoms with Gasteiger partial charge in [-0.3, -0.25) is 10.3 Å². The van der Waals surface area contributed by atoms with Gasteiger partial charge in [-0.25, -0.2) is 14.8 Å². The molecule has 3 atom stereocenters.